The number of nitrogens with zero attached hydrogens (tertiary/aromatic N) is 1. The summed E-state index contributed by atoms with van der Waals surface area (Å²) in [6.07, 6.45) is 2.97. The number of amides is 2. The highest BCUT2D eigenvalue weighted by molar-refractivity contribution is 8.01. The van der Waals surface area contributed by atoms with E-state index >= 15 is 0 Å². The van der Waals surface area contributed by atoms with Gasteiger partial charge in [-0.15, -0.1) is 11.3 Å². The molecule has 6 nitrogen and oxygen atoms in total. The number of aromatic amines is 1. The number of fused-ring (bicyclic) bond motifs is 1. The molecule has 0 aliphatic carbocycles. The highest BCUT2D eigenvalue weighted by atomic mass is 35.5. The predicted molar refractivity (Wildman–Crippen MR) is 132 cm³/mol. The van der Waals surface area contributed by atoms with Crippen molar-refractivity contribution in [1.82, 2.24) is 15.3 Å². The number of thiazole rings is 1. The van der Waals surface area contributed by atoms with Gasteiger partial charge in [-0.05, 0) is 42.3 Å². The van der Waals surface area contributed by atoms with Crippen molar-refractivity contribution < 1.29 is 9.59 Å². The van der Waals surface area contributed by atoms with E-state index in [4.69, 9.17) is 11.6 Å². The topological polar surface area (TPSA) is 86.9 Å². The minimum atomic E-state index is -0.121. The molecular formula is C23H21ClN4O2S2. The highest BCUT2D eigenvalue weighted by Gasteiger charge is 2.11. The molecule has 2 aromatic heterocycles. The Balaban J connectivity index is 1.19. The molecule has 0 fully saturated rings. The Kier molecular flexibility index (Phi) is 7.47. The molecule has 0 aliphatic heterocycles. The summed E-state index contributed by atoms with van der Waals surface area (Å²) in [4.78, 5) is 32.1. The van der Waals surface area contributed by atoms with Crippen LogP contribution >= 0.6 is 34.7 Å². The van der Waals surface area contributed by atoms with Crippen LogP contribution in [0.25, 0.3) is 10.9 Å². The zero-order chi connectivity index (χ0) is 22.3. The first kappa shape index (κ1) is 22.4. The van der Waals surface area contributed by atoms with Gasteiger partial charge in [0, 0.05) is 39.7 Å². The van der Waals surface area contributed by atoms with Gasteiger partial charge in [-0.25, -0.2) is 4.98 Å². The van der Waals surface area contributed by atoms with Crippen LogP contribution in [0.4, 0.5) is 5.69 Å². The van der Waals surface area contributed by atoms with E-state index in [9.17, 15) is 9.59 Å². The number of carbonyl (C=O) groups is 2. The number of anilines is 1. The third-order valence-electron chi connectivity index (χ3n) is 4.72. The van der Waals surface area contributed by atoms with Crippen LogP contribution in [-0.2, 0) is 22.4 Å². The van der Waals surface area contributed by atoms with Gasteiger partial charge in [0.25, 0.3) is 0 Å². The van der Waals surface area contributed by atoms with Crippen LogP contribution in [-0.4, -0.2) is 34.1 Å². The zero-order valence-electron chi connectivity index (χ0n) is 17.1. The molecule has 4 rings (SSSR count). The number of hydrogen-bond acceptors (Lipinski definition) is 5. The average molecular weight is 485 g/mol. The maximum atomic E-state index is 12.3. The molecule has 3 N–H and O–H groups in total. The Morgan fingerprint density at radius 2 is 1.91 bits per heavy atom. The average Bonchev–Trinajstić information content (AvgIpc) is 3.41. The minimum absolute atomic E-state index is 0.0628. The monoisotopic (exact) mass is 484 g/mol. The number of para-hydroxylation sites is 1. The molecule has 0 atom stereocenters. The summed E-state index contributed by atoms with van der Waals surface area (Å²) in [6, 6.07) is 15.1. The van der Waals surface area contributed by atoms with E-state index in [1.807, 2.05) is 29.8 Å². The summed E-state index contributed by atoms with van der Waals surface area (Å²) in [7, 11) is 0. The number of carbonyl (C=O) groups excluding carboxylic acids is 2. The van der Waals surface area contributed by atoms with Crippen molar-refractivity contribution in [1.29, 1.82) is 0 Å². The maximum Gasteiger partial charge on any atom is 0.234 e. The van der Waals surface area contributed by atoms with Crippen molar-refractivity contribution >= 4 is 63.1 Å². The molecule has 164 valence electrons. The summed E-state index contributed by atoms with van der Waals surface area (Å²) in [5.74, 6) is 0.0584. The summed E-state index contributed by atoms with van der Waals surface area (Å²) in [6.45, 7) is 0.567. The van der Waals surface area contributed by atoms with Crippen LogP contribution in [0.3, 0.4) is 0 Å². The van der Waals surface area contributed by atoms with Crippen molar-refractivity contribution in [3.05, 3.63) is 76.4 Å². The van der Waals surface area contributed by atoms with Crippen LogP contribution in [0.5, 0.6) is 0 Å². The molecule has 2 amide bonds. The second-order valence-corrected chi connectivity index (χ2v) is 9.60. The van der Waals surface area contributed by atoms with Gasteiger partial charge in [0.15, 0.2) is 4.34 Å². The molecule has 0 saturated carbocycles. The second kappa shape index (κ2) is 10.7. The first-order valence-corrected chi connectivity index (χ1v) is 12.3. The predicted octanol–water partition coefficient (Wildman–Crippen LogP) is 4.91. The molecule has 9 heteroatoms. The Hall–Kier alpha value is -2.81. The van der Waals surface area contributed by atoms with Crippen LogP contribution in [0, 0.1) is 0 Å². The maximum absolute atomic E-state index is 12.3. The van der Waals surface area contributed by atoms with Crippen molar-refractivity contribution in [2.75, 3.05) is 17.6 Å². The molecule has 2 heterocycles. The standard InChI is InChI=1S/C23H21ClN4O2S2/c24-16-5-7-17(8-6-16)27-22(30)14-32-23-28-18(13-31-23)11-21(29)25-10-9-15-12-26-20-4-2-1-3-19(15)20/h1-8,12-13,26H,9-11,14H2,(H,25,29)(H,27,30). The molecule has 0 radical (unpaired) electrons. The van der Waals surface area contributed by atoms with Gasteiger partial charge in [-0.1, -0.05) is 41.6 Å². The molecule has 32 heavy (non-hydrogen) atoms. The summed E-state index contributed by atoms with van der Waals surface area (Å²) >= 11 is 8.63. The lowest BCUT2D eigenvalue weighted by Crippen LogP contribution is -2.27. The Labute approximate surface area is 198 Å². The molecular weight excluding hydrogens is 464 g/mol. The number of H-pyrrole nitrogens is 1. The quantitative estimate of drug-likeness (QED) is 0.294. The number of benzene rings is 2. The first-order valence-electron chi connectivity index (χ1n) is 10.0. The minimum Gasteiger partial charge on any atom is -0.361 e. The fourth-order valence-electron chi connectivity index (χ4n) is 3.20. The number of halogens is 1. The molecule has 0 unspecified atom stereocenters. The Morgan fingerprint density at radius 1 is 1.09 bits per heavy atom. The first-order chi connectivity index (χ1) is 15.6. The SMILES string of the molecule is O=C(Cc1csc(SCC(=O)Nc2ccc(Cl)cc2)n1)NCCc1c[nH]c2ccccc12. The van der Waals surface area contributed by atoms with Crippen molar-refractivity contribution in [3.8, 4) is 0 Å². The van der Waals surface area contributed by atoms with Crippen molar-refractivity contribution in [2.45, 2.75) is 17.2 Å². The Morgan fingerprint density at radius 3 is 2.75 bits per heavy atom. The summed E-state index contributed by atoms with van der Waals surface area (Å²) in [5, 5.41) is 9.44. The molecule has 4 aromatic rings. The molecule has 0 saturated heterocycles. The van der Waals surface area contributed by atoms with E-state index in [1.165, 1.54) is 34.0 Å². The normalized spacial score (nSPS) is 10.9. The zero-order valence-corrected chi connectivity index (χ0v) is 19.4. The van der Waals surface area contributed by atoms with Gasteiger partial charge in [0.1, 0.15) is 0 Å². The lowest BCUT2D eigenvalue weighted by Gasteiger charge is -2.04. The van der Waals surface area contributed by atoms with Gasteiger partial charge in [0.05, 0.1) is 17.9 Å². The van der Waals surface area contributed by atoms with Crippen LogP contribution in [0.15, 0.2) is 64.4 Å². The highest BCUT2D eigenvalue weighted by Crippen LogP contribution is 2.23. The Bertz CT molecular complexity index is 1220. The number of rotatable bonds is 9. The van der Waals surface area contributed by atoms with E-state index in [1.54, 1.807) is 24.3 Å². The van der Waals surface area contributed by atoms with Gasteiger partial charge in [-0.2, -0.15) is 0 Å². The van der Waals surface area contributed by atoms with Gasteiger partial charge >= 0.3 is 0 Å². The lowest BCUT2D eigenvalue weighted by molar-refractivity contribution is -0.120. The lowest BCUT2D eigenvalue weighted by atomic mass is 10.1. The van der Waals surface area contributed by atoms with E-state index in [0.717, 1.165) is 16.3 Å². The van der Waals surface area contributed by atoms with E-state index in [-0.39, 0.29) is 24.0 Å². The van der Waals surface area contributed by atoms with Crippen LogP contribution in [0.2, 0.25) is 5.02 Å². The number of aromatic nitrogens is 2. The van der Waals surface area contributed by atoms with Crippen molar-refractivity contribution in [2.24, 2.45) is 0 Å². The van der Waals surface area contributed by atoms with E-state index in [0.29, 0.717) is 22.9 Å². The summed E-state index contributed by atoms with van der Waals surface area (Å²) in [5.41, 5.74) is 3.69. The number of nitrogens with one attached hydrogen (secondary N) is 3. The molecule has 0 spiro atoms. The van der Waals surface area contributed by atoms with E-state index in [2.05, 4.69) is 26.7 Å². The second-order valence-electron chi connectivity index (χ2n) is 7.08. The third-order valence-corrected chi connectivity index (χ3v) is 7.04. The molecule has 2 aromatic carbocycles. The molecule has 0 bridgehead atoms. The summed E-state index contributed by atoms with van der Waals surface area (Å²) < 4.78 is 0.762. The third kappa shape index (κ3) is 6.12. The van der Waals surface area contributed by atoms with Crippen LogP contribution in [0.1, 0.15) is 11.3 Å². The van der Waals surface area contributed by atoms with Crippen LogP contribution < -0.4 is 10.6 Å². The molecule has 0 aliphatic rings. The van der Waals surface area contributed by atoms with Gasteiger partial charge < -0.3 is 15.6 Å². The largest absolute Gasteiger partial charge is 0.361 e. The van der Waals surface area contributed by atoms with Crippen molar-refractivity contribution in [3.63, 3.8) is 0 Å². The number of hydrogen-bond donors (Lipinski definition) is 3. The van der Waals surface area contributed by atoms with Gasteiger partial charge in [-0.3, -0.25) is 9.59 Å². The van der Waals surface area contributed by atoms with Gasteiger partial charge in [0.2, 0.25) is 11.8 Å². The fourth-order valence-corrected chi connectivity index (χ4v) is 4.97. The fraction of sp³-hybridized carbons (Fsp3) is 0.174. The van der Waals surface area contributed by atoms with E-state index < -0.39 is 0 Å². The number of thioether (sulfide) groups is 1. The smallest absolute Gasteiger partial charge is 0.234 e.